The van der Waals surface area contributed by atoms with Crippen LogP contribution in [0.25, 0.3) is 0 Å². The van der Waals surface area contributed by atoms with E-state index in [1.165, 1.54) is 0 Å². The van der Waals surface area contributed by atoms with Crippen molar-refractivity contribution in [2.75, 3.05) is 5.32 Å². The largest absolute Gasteiger partial charge is 0.325 e. The average molecular weight is 303 g/mol. The summed E-state index contributed by atoms with van der Waals surface area (Å²) in [7, 11) is 1.84. The number of carbonyl (C=O) groups is 1. The molecule has 2 rings (SSSR count). The molecule has 0 radical (unpaired) electrons. The number of benzene rings is 1. The first-order chi connectivity index (χ1) is 10.1. The standard InChI is InChI=1S/C15H15ClN4O/c1-20-10-12(9-18-20)3-5-15(21)19-14-4-2-11(6-7-17)8-13(14)16/h2,4,8-10H,3,5-6H2,1H3,(H,19,21). The Bertz CT molecular complexity index is 687. The summed E-state index contributed by atoms with van der Waals surface area (Å²) < 4.78 is 1.71. The third kappa shape index (κ3) is 4.33. The Hall–Kier alpha value is -2.32. The minimum absolute atomic E-state index is 0.103. The summed E-state index contributed by atoms with van der Waals surface area (Å²) in [4.78, 5) is 11.9. The highest BCUT2D eigenvalue weighted by Crippen LogP contribution is 2.23. The number of anilines is 1. The van der Waals surface area contributed by atoms with Gasteiger partial charge in [-0.25, -0.2) is 0 Å². The first kappa shape index (κ1) is 15.1. The number of nitriles is 1. The highest BCUT2D eigenvalue weighted by Gasteiger charge is 2.08. The summed E-state index contributed by atoms with van der Waals surface area (Å²) in [5.41, 5.74) is 2.41. The Morgan fingerprint density at radius 1 is 1.48 bits per heavy atom. The van der Waals surface area contributed by atoms with Crippen molar-refractivity contribution in [3.8, 4) is 6.07 Å². The van der Waals surface area contributed by atoms with Crippen molar-refractivity contribution in [2.24, 2.45) is 7.05 Å². The van der Waals surface area contributed by atoms with Gasteiger partial charge in [0.25, 0.3) is 0 Å². The molecule has 5 nitrogen and oxygen atoms in total. The van der Waals surface area contributed by atoms with Crippen molar-refractivity contribution in [2.45, 2.75) is 19.3 Å². The minimum atomic E-state index is -0.103. The molecule has 0 saturated carbocycles. The predicted octanol–water partition coefficient (Wildman–Crippen LogP) is 2.71. The molecule has 1 N–H and O–H groups in total. The second-order valence-electron chi connectivity index (χ2n) is 4.72. The zero-order valence-corrected chi connectivity index (χ0v) is 12.4. The molecule has 0 unspecified atom stereocenters. The molecule has 1 amide bonds. The fourth-order valence-corrected chi connectivity index (χ4v) is 2.18. The number of hydrogen-bond donors (Lipinski definition) is 1. The van der Waals surface area contributed by atoms with E-state index in [9.17, 15) is 4.79 Å². The van der Waals surface area contributed by atoms with Crippen LogP contribution in [0.4, 0.5) is 5.69 Å². The second-order valence-corrected chi connectivity index (χ2v) is 5.13. The molecule has 0 aliphatic heterocycles. The van der Waals surface area contributed by atoms with Crippen LogP contribution in [0.1, 0.15) is 17.5 Å². The number of aryl methyl sites for hydroxylation is 2. The SMILES string of the molecule is Cn1cc(CCC(=O)Nc2ccc(CC#N)cc2Cl)cn1. The number of hydrogen-bond acceptors (Lipinski definition) is 3. The van der Waals surface area contributed by atoms with E-state index in [0.717, 1.165) is 11.1 Å². The van der Waals surface area contributed by atoms with Gasteiger partial charge >= 0.3 is 0 Å². The lowest BCUT2D eigenvalue weighted by atomic mass is 10.1. The van der Waals surface area contributed by atoms with Gasteiger partial charge in [-0.3, -0.25) is 9.48 Å². The van der Waals surface area contributed by atoms with E-state index in [0.29, 0.717) is 30.0 Å². The summed E-state index contributed by atoms with van der Waals surface area (Å²) in [6, 6.07) is 7.26. The van der Waals surface area contributed by atoms with Gasteiger partial charge in [0.05, 0.1) is 29.4 Å². The molecular formula is C15H15ClN4O. The van der Waals surface area contributed by atoms with Crippen LogP contribution >= 0.6 is 11.6 Å². The number of carbonyl (C=O) groups excluding carboxylic acids is 1. The van der Waals surface area contributed by atoms with Gasteiger partial charge in [0.1, 0.15) is 0 Å². The van der Waals surface area contributed by atoms with Gasteiger partial charge in [0.2, 0.25) is 5.91 Å². The highest BCUT2D eigenvalue weighted by atomic mass is 35.5. The number of nitrogens with zero attached hydrogens (tertiary/aromatic N) is 3. The van der Waals surface area contributed by atoms with Crippen LogP contribution in [0.2, 0.25) is 5.02 Å². The number of aromatic nitrogens is 2. The van der Waals surface area contributed by atoms with E-state index in [1.807, 2.05) is 13.2 Å². The smallest absolute Gasteiger partial charge is 0.224 e. The molecule has 0 aliphatic rings. The number of halogens is 1. The summed E-state index contributed by atoms with van der Waals surface area (Å²) in [6.45, 7) is 0. The van der Waals surface area contributed by atoms with E-state index >= 15 is 0 Å². The summed E-state index contributed by atoms with van der Waals surface area (Å²) in [5.74, 6) is -0.103. The van der Waals surface area contributed by atoms with E-state index in [1.54, 1.807) is 29.1 Å². The maximum absolute atomic E-state index is 11.9. The van der Waals surface area contributed by atoms with Crippen LogP contribution in [0.15, 0.2) is 30.6 Å². The lowest BCUT2D eigenvalue weighted by Crippen LogP contribution is -2.12. The van der Waals surface area contributed by atoms with Gasteiger partial charge in [-0.2, -0.15) is 10.4 Å². The van der Waals surface area contributed by atoms with Crippen LogP contribution in [0, 0.1) is 11.3 Å². The Balaban J connectivity index is 1.92. The number of amides is 1. The summed E-state index contributed by atoms with van der Waals surface area (Å²) in [5, 5.41) is 15.9. The Morgan fingerprint density at radius 3 is 2.90 bits per heavy atom. The average Bonchev–Trinajstić information content (AvgIpc) is 2.86. The second kappa shape index (κ2) is 6.91. The van der Waals surface area contributed by atoms with E-state index < -0.39 is 0 Å². The monoisotopic (exact) mass is 302 g/mol. The molecule has 21 heavy (non-hydrogen) atoms. The molecule has 0 atom stereocenters. The lowest BCUT2D eigenvalue weighted by molar-refractivity contribution is -0.116. The maximum Gasteiger partial charge on any atom is 0.224 e. The number of nitrogens with one attached hydrogen (secondary N) is 1. The minimum Gasteiger partial charge on any atom is -0.325 e. The molecule has 0 saturated heterocycles. The predicted molar refractivity (Wildman–Crippen MR) is 80.9 cm³/mol. The number of rotatable bonds is 5. The summed E-state index contributed by atoms with van der Waals surface area (Å²) in [6.07, 6.45) is 4.93. The molecule has 1 aromatic heterocycles. The van der Waals surface area contributed by atoms with Crippen LogP contribution in [0.5, 0.6) is 0 Å². The Labute approximate surface area is 128 Å². The van der Waals surface area contributed by atoms with Crippen molar-refractivity contribution in [1.29, 1.82) is 5.26 Å². The van der Waals surface area contributed by atoms with Crippen molar-refractivity contribution in [1.82, 2.24) is 9.78 Å². The highest BCUT2D eigenvalue weighted by molar-refractivity contribution is 6.33. The summed E-state index contributed by atoms with van der Waals surface area (Å²) >= 11 is 6.09. The first-order valence-electron chi connectivity index (χ1n) is 6.51. The van der Waals surface area contributed by atoms with Crippen LogP contribution in [0.3, 0.4) is 0 Å². The zero-order valence-electron chi connectivity index (χ0n) is 11.6. The molecule has 1 heterocycles. The topological polar surface area (TPSA) is 70.7 Å². The van der Waals surface area contributed by atoms with Gasteiger partial charge in [0.15, 0.2) is 0 Å². The van der Waals surface area contributed by atoms with Crippen molar-refractivity contribution in [3.05, 3.63) is 46.7 Å². The lowest BCUT2D eigenvalue weighted by Gasteiger charge is -2.08. The third-order valence-corrected chi connectivity index (χ3v) is 3.30. The van der Waals surface area contributed by atoms with Gasteiger partial charge < -0.3 is 5.32 Å². The van der Waals surface area contributed by atoms with Gasteiger partial charge in [-0.05, 0) is 29.7 Å². The quantitative estimate of drug-likeness (QED) is 0.923. The molecule has 0 aliphatic carbocycles. The molecule has 6 heteroatoms. The first-order valence-corrected chi connectivity index (χ1v) is 6.89. The third-order valence-electron chi connectivity index (χ3n) is 2.99. The van der Waals surface area contributed by atoms with Crippen molar-refractivity contribution >= 4 is 23.2 Å². The van der Waals surface area contributed by atoms with Gasteiger partial charge in [-0.1, -0.05) is 17.7 Å². The van der Waals surface area contributed by atoms with E-state index in [2.05, 4.69) is 16.5 Å². The van der Waals surface area contributed by atoms with Crippen molar-refractivity contribution < 1.29 is 4.79 Å². The molecule has 0 bridgehead atoms. The Morgan fingerprint density at radius 2 is 2.29 bits per heavy atom. The van der Waals surface area contributed by atoms with Crippen molar-refractivity contribution in [3.63, 3.8) is 0 Å². The fraction of sp³-hybridized carbons (Fsp3) is 0.267. The van der Waals surface area contributed by atoms with Crippen LogP contribution in [-0.2, 0) is 24.7 Å². The molecule has 0 spiro atoms. The Kier molecular flexibility index (Phi) is 4.96. The van der Waals surface area contributed by atoms with Crippen LogP contribution in [-0.4, -0.2) is 15.7 Å². The fourth-order valence-electron chi connectivity index (χ4n) is 1.93. The molecule has 108 valence electrons. The molecule has 1 aromatic carbocycles. The van der Waals surface area contributed by atoms with E-state index in [-0.39, 0.29) is 5.91 Å². The molecule has 2 aromatic rings. The zero-order chi connectivity index (χ0) is 15.2. The molecule has 0 fully saturated rings. The van der Waals surface area contributed by atoms with Gasteiger partial charge in [-0.15, -0.1) is 0 Å². The van der Waals surface area contributed by atoms with E-state index in [4.69, 9.17) is 16.9 Å². The van der Waals surface area contributed by atoms with Gasteiger partial charge in [0, 0.05) is 19.7 Å². The molecular weight excluding hydrogens is 288 g/mol. The maximum atomic E-state index is 11.9. The normalized spacial score (nSPS) is 10.1. The van der Waals surface area contributed by atoms with Crippen LogP contribution < -0.4 is 5.32 Å².